The molecule has 2 fully saturated rings. The van der Waals surface area contributed by atoms with E-state index in [-0.39, 0.29) is 11.5 Å². The van der Waals surface area contributed by atoms with Crippen molar-refractivity contribution in [1.29, 1.82) is 0 Å². The molecule has 2 aliphatic rings. The molecule has 1 aliphatic heterocycles. The highest BCUT2D eigenvalue weighted by Gasteiger charge is 2.26. The molecule has 1 aromatic carbocycles. The molecular weight excluding hydrogens is 358 g/mol. The van der Waals surface area contributed by atoms with Crippen molar-refractivity contribution in [2.24, 2.45) is 0 Å². The average Bonchev–Trinajstić information content (AvgIpc) is 3.05. The number of aryl methyl sites for hydroxylation is 1. The number of nitrogens with zero attached hydrogens (tertiary/aromatic N) is 3. The SMILES string of the molecule is O=C(CCCn1sc2ccccc2c1=O)N1CCN(C2CCCCC2)CC1. The first-order valence-electron chi connectivity index (χ1n) is 10.3. The maximum absolute atomic E-state index is 12.6. The van der Waals surface area contributed by atoms with E-state index >= 15 is 0 Å². The molecule has 1 aliphatic carbocycles. The summed E-state index contributed by atoms with van der Waals surface area (Å²) in [7, 11) is 0. The Morgan fingerprint density at radius 2 is 1.78 bits per heavy atom. The van der Waals surface area contributed by atoms with Crippen molar-refractivity contribution in [2.45, 2.75) is 57.5 Å². The van der Waals surface area contributed by atoms with Gasteiger partial charge < -0.3 is 4.90 Å². The molecule has 6 heteroatoms. The minimum atomic E-state index is 0.0733. The van der Waals surface area contributed by atoms with Gasteiger partial charge in [-0.25, -0.2) is 0 Å². The molecule has 0 spiro atoms. The van der Waals surface area contributed by atoms with E-state index in [2.05, 4.69) is 4.90 Å². The van der Waals surface area contributed by atoms with Gasteiger partial charge in [0.15, 0.2) is 0 Å². The normalized spacial score (nSPS) is 19.6. The van der Waals surface area contributed by atoms with Crippen LogP contribution in [-0.4, -0.2) is 51.9 Å². The lowest BCUT2D eigenvalue weighted by Crippen LogP contribution is -2.52. The molecule has 146 valence electrons. The molecule has 1 amide bonds. The fourth-order valence-electron chi connectivity index (χ4n) is 4.48. The molecule has 0 atom stereocenters. The number of piperazine rings is 1. The third-order valence-electron chi connectivity index (χ3n) is 6.06. The summed E-state index contributed by atoms with van der Waals surface area (Å²) in [5.41, 5.74) is 0.0733. The minimum Gasteiger partial charge on any atom is -0.340 e. The highest BCUT2D eigenvalue weighted by molar-refractivity contribution is 7.13. The Morgan fingerprint density at radius 3 is 2.52 bits per heavy atom. The van der Waals surface area contributed by atoms with Gasteiger partial charge in [0.2, 0.25) is 5.91 Å². The maximum atomic E-state index is 12.6. The highest BCUT2D eigenvalue weighted by atomic mass is 32.1. The molecule has 2 aromatic rings. The Labute approximate surface area is 164 Å². The van der Waals surface area contributed by atoms with Crippen LogP contribution in [0.25, 0.3) is 10.1 Å². The second kappa shape index (κ2) is 8.57. The zero-order chi connectivity index (χ0) is 18.6. The van der Waals surface area contributed by atoms with Gasteiger partial charge in [0.25, 0.3) is 5.56 Å². The molecule has 1 saturated heterocycles. The topological polar surface area (TPSA) is 45.6 Å². The highest BCUT2D eigenvalue weighted by Crippen LogP contribution is 2.23. The summed E-state index contributed by atoms with van der Waals surface area (Å²) in [6, 6.07) is 8.46. The van der Waals surface area contributed by atoms with Gasteiger partial charge >= 0.3 is 0 Å². The lowest BCUT2D eigenvalue weighted by atomic mass is 9.94. The van der Waals surface area contributed by atoms with Crippen LogP contribution in [0.5, 0.6) is 0 Å². The van der Waals surface area contributed by atoms with Crippen LogP contribution < -0.4 is 5.56 Å². The van der Waals surface area contributed by atoms with Gasteiger partial charge in [-0.1, -0.05) is 42.9 Å². The van der Waals surface area contributed by atoms with Crippen LogP contribution in [0.2, 0.25) is 0 Å². The molecule has 2 heterocycles. The van der Waals surface area contributed by atoms with E-state index in [4.69, 9.17) is 0 Å². The van der Waals surface area contributed by atoms with Crippen molar-refractivity contribution in [2.75, 3.05) is 26.2 Å². The Morgan fingerprint density at radius 1 is 1.04 bits per heavy atom. The third-order valence-corrected chi connectivity index (χ3v) is 7.18. The Hall–Kier alpha value is -1.66. The number of hydrogen-bond acceptors (Lipinski definition) is 4. The zero-order valence-corrected chi connectivity index (χ0v) is 16.8. The standard InChI is InChI=1S/C21H29N3O2S/c25-20(23-15-13-22(14-16-23)17-7-2-1-3-8-17)11-6-12-24-21(26)18-9-4-5-10-19(18)27-24/h4-5,9-10,17H,1-3,6-8,11-16H2. The summed E-state index contributed by atoms with van der Waals surface area (Å²) in [5, 5.41) is 0.785. The average molecular weight is 388 g/mol. The van der Waals surface area contributed by atoms with E-state index in [0.717, 1.165) is 48.7 Å². The number of rotatable bonds is 5. The van der Waals surface area contributed by atoms with Crippen molar-refractivity contribution < 1.29 is 4.79 Å². The Kier molecular flexibility index (Phi) is 5.93. The summed E-state index contributed by atoms with van der Waals surface area (Å²) in [6.45, 7) is 4.39. The lowest BCUT2D eigenvalue weighted by molar-refractivity contribution is -0.133. The number of fused-ring (bicyclic) bond motifs is 1. The predicted molar refractivity (Wildman–Crippen MR) is 110 cm³/mol. The van der Waals surface area contributed by atoms with E-state index in [1.54, 1.807) is 3.96 Å². The second-order valence-corrected chi connectivity index (χ2v) is 8.87. The van der Waals surface area contributed by atoms with Crippen molar-refractivity contribution in [1.82, 2.24) is 13.8 Å². The van der Waals surface area contributed by atoms with Crippen LogP contribution in [0, 0.1) is 0 Å². The number of amides is 1. The number of carbonyl (C=O) groups is 1. The molecule has 1 saturated carbocycles. The fourth-order valence-corrected chi connectivity index (χ4v) is 5.51. The number of carbonyl (C=O) groups excluding carboxylic acids is 1. The summed E-state index contributed by atoms with van der Waals surface area (Å²) < 4.78 is 2.81. The first-order valence-corrected chi connectivity index (χ1v) is 11.1. The van der Waals surface area contributed by atoms with Crippen molar-refractivity contribution in [3.8, 4) is 0 Å². The largest absolute Gasteiger partial charge is 0.340 e. The zero-order valence-electron chi connectivity index (χ0n) is 15.9. The van der Waals surface area contributed by atoms with Crippen LogP contribution in [-0.2, 0) is 11.3 Å². The first kappa shape index (κ1) is 18.7. The molecule has 0 radical (unpaired) electrons. The second-order valence-electron chi connectivity index (χ2n) is 7.81. The monoisotopic (exact) mass is 387 g/mol. The van der Waals surface area contributed by atoms with Gasteiger partial charge in [-0.05, 0) is 31.4 Å². The van der Waals surface area contributed by atoms with Gasteiger partial charge in [-0.15, -0.1) is 0 Å². The number of aromatic nitrogens is 1. The smallest absolute Gasteiger partial charge is 0.268 e. The molecule has 27 heavy (non-hydrogen) atoms. The fraction of sp³-hybridized carbons (Fsp3) is 0.619. The summed E-state index contributed by atoms with van der Waals surface area (Å²) >= 11 is 1.50. The summed E-state index contributed by atoms with van der Waals surface area (Å²) in [4.78, 5) is 29.5. The molecule has 4 rings (SSSR count). The molecular formula is C21H29N3O2S. The predicted octanol–water partition coefficient (Wildman–Crippen LogP) is 3.32. The Bertz CT molecular complexity index is 829. The summed E-state index contributed by atoms with van der Waals surface area (Å²) in [6.07, 6.45) is 8.04. The van der Waals surface area contributed by atoms with Crippen LogP contribution in [0.3, 0.4) is 0 Å². The van der Waals surface area contributed by atoms with Crippen LogP contribution >= 0.6 is 11.5 Å². The van der Waals surface area contributed by atoms with Crippen molar-refractivity contribution >= 4 is 27.5 Å². The van der Waals surface area contributed by atoms with E-state index in [1.165, 1.54) is 43.6 Å². The van der Waals surface area contributed by atoms with Crippen LogP contribution in [0.4, 0.5) is 0 Å². The molecule has 1 aromatic heterocycles. The van der Waals surface area contributed by atoms with Crippen molar-refractivity contribution in [3.63, 3.8) is 0 Å². The van der Waals surface area contributed by atoms with Crippen molar-refractivity contribution in [3.05, 3.63) is 34.6 Å². The lowest BCUT2D eigenvalue weighted by Gasteiger charge is -2.40. The van der Waals surface area contributed by atoms with E-state index in [0.29, 0.717) is 13.0 Å². The maximum Gasteiger partial charge on any atom is 0.268 e. The number of benzene rings is 1. The van der Waals surface area contributed by atoms with E-state index in [1.807, 2.05) is 29.2 Å². The third kappa shape index (κ3) is 4.27. The quantitative estimate of drug-likeness (QED) is 0.791. The van der Waals surface area contributed by atoms with Gasteiger partial charge in [-0.3, -0.25) is 18.4 Å². The first-order chi connectivity index (χ1) is 13.2. The summed E-state index contributed by atoms with van der Waals surface area (Å²) in [5.74, 6) is 0.243. The molecule has 5 nitrogen and oxygen atoms in total. The van der Waals surface area contributed by atoms with Gasteiger partial charge in [0.1, 0.15) is 0 Å². The van der Waals surface area contributed by atoms with Gasteiger partial charge in [0.05, 0.1) is 10.1 Å². The molecule has 0 bridgehead atoms. The van der Waals surface area contributed by atoms with Crippen LogP contribution in [0.15, 0.2) is 29.1 Å². The minimum absolute atomic E-state index is 0.0733. The molecule has 0 N–H and O–H groups in total. The van der Waals surface area contributed by atoms with Gasteiger partial charge in [0, 0.05) is 45.2 Å². The number of hydrogen-bond donors (Lipinski definition) is 0. The molecule has 0 unspecified atom stereocenters. The van der Waals surface area contributed by atoms with E-state index in [9.17, 15) is 9.59 Å². The van der Waals surface area contributed by atoms with Crippen LogP contribution in [0.1, 0.15) is 44.9 Å². The Balaban J connectivity index is 1.24. The van der Waals surface area contributed by atoms with Gasteiger partial charge in [-0.2, -0.15) is 0 Å². The van der Waals surface area contributed by atoms with E-state index < -0.39 is 0 Å².